The smallest absolute Gasteiger partial charge is 0.0991 e. The Kier molecular flexibility index (Phi) is 9.43. The van der Waals surface area contributed by atoms with E-state index in [1.54, 1.807) is 12.5 Å². The summed E-state index contributed by atoms with van der Waals surface area (Å²) in [5, 5.41) is 0. The maximum atomic E-state index is 5.86. The summed E-state index contributed by atoms with van der Waals surface area (Å²) in [4.78, 5) is 4.08. The molecule has 0 amide bonds. The minimum absolute atomic E-state index is 0.294. The molecule has 0 aliphatic rings. The fourth-order valence-corrected chi connectivity index (χ4v) is 2.18. The van der Waals surface area contributed by atoms with Gasteiger partial charge in [0.25, 0.3) is 0 Å². The van der Waals surface area contributed by atoms with Crippen LogP contribution in [0.2, 0.25) is 0 Å². The molecule has 1 aromatic carbocycles. The minimum atomic E-state index is 0.294. The average molecular weight is 303 g/mol. The molecular formula is C19H33N3. The predicted octanol–water partition coefficient (Wildman–Crippen LogP) is 4.97. The number of imidazole rings is 1. The maximum absolute atomic E-state index is 5.86. The van der Waals surface area contributed by atoms with Gasteiger partial charge in [0, 0.05) is 18.9 Å². The molecular weight excluding hydrogens is 270 g/mol. The summed E-state index contributed by atoms with van der Waals surface area (Å²) in [7, 11) is 0. The maximum Gasteiger partial charge on any atom is 0.0991 e. The van der Waals surface area contributed by atoms with Crippen molar-refractivity contribution in [2.45, 2.75) is 61.4 Å². The number of rotatable bonds is 3. The van der Waals surface area contributed by atoms with E-state index in [4.69, 9.17) is 5.73 Å². The molecule has 2 N–H and O–H groups in total. The molecule has 0 fully saturated rings. The molecule has 0 atom stereocenters. The van der Waals surface area contributed by atoms with Crippen molar-refractivity contribution in [3.63, 3.8) is 0 Å². The Morgan fingerprint density at radius 1 is 1.09 bits per heavy atom. The van der Waals surface area contributed by atoms with Crippen molar-refractivity contribution in [2.75, 3.05) is 0 Å². The van der Waals surface area contributed by atoms with E-state index in [1.807, 2.05) is 38.5 Å². The van der Waals surface area contributed by atoms with Crippen molar-refractivity contribution in [1.29, 1.82) is 0 Å². The van der Waals surface area contributed by atoms with Gasteiger partial charge in [0.1, 0.15) is 0 Å². The topological polar surface area (TPSA) is 43.8 Å². The summed E-state index contributed by atoms with van der Waals surface area (Å²) in [5.74, 6) is 0. The van der Waals surface area contributed by atoms with Gasteiger partial charge < -0.3 is 10.3 Å². The molecule has 3 heteroatoms. The van der Waals surface area contributed by atoms with E-state index in [1.165, 1.54) is 5.56 Å². The van der Waals surface area contributed by atoms with Gasteiger partial charge in [0.15, 0.2) is 0 Å². The van der Waals surface area contributed by atoms with E-state index < -0.39 is 0 Å². The van der Waals surface area contributed by atoms with Crippen LogP contribution in [-0.4, -0.2) is 9.55 Å². The molecule has 2 aromatic rings. The summed E-state index contributed by atoms with van der Waals surface area (Å²) >= 11 is 0. The van der Waals surface area contributed by atoms with Gasteiger partial charge in [-0.15, -0.1) is 0 Å². The first-order chi connectivity index (χ1) is 10.5. The first-order valence-electron chi connectivity index (χ1n) is 8.30. The summed E-state index contributed by atoms with van der Waals surface area (Å²) in [5.41, 5.74) is 9.77. The molecule has 0 radical (unpaired) electrons. The number of nitrogens with zero attached hydrogens (tertiary/aromatic N) is 2. The van der Waals surface area contributed by atoms with Crippen LogP contribution in [0.15, 0.2) is 36.9 Å². The van der Waals surface area contributed by atoms with Gasteiger partial charge >= 0.3 is 0 Å². The van der Waals surface area contributed by atoms with E-state index in [0.717, 1.165) is 17.7 Å². The van der Waals surface area contributed by atoms with Gasteiger partial charge in [0.2, 0.25) is 0 Å². The first kappa shape index (κ1) is 20.4. The lowest BCUT2D eigenvalue weighted by Gasteiger charge is -2.19. The highest BCUT2D eigenvalue weighted by atomic mass is 15.0. The molecule has 1 aromatic heterocycles. The lowest BCUT2D eigenvalue weighted by Crippen LogP contribution is -2.11. The zero-order valence-electron chi connectivity index (χ0n) is 15.4. The average Bonchev–Trinajstić information content (AvgIpc) is 3.03. The van der Waals surface area contributed by atoms with E-state index in [2.05, 4.69) is 44.0 Å². The first-order valence-corrected chi connectivity index (χ1v) is 8.30. The van der Waals surface area contributed by atoms with Gasteiger partial charge in [-0.25, -0.2) is 4.98 Å². The van der Waals surface area contributed by atoms with Crippen LogP contribution in [0, 0.1) is 5.41 Å². The number of hydrogen-bond acceptors (Lipinski definition) is 2. The third-order valence-corrected chi connectivity index (χ3v) is 2.88. The lowest BCUT2D eigenvalue weighted by atomic mass is 9.87. The Labute approximate surface area is 136 Å². The third-order valence-electron chi connectivity index (χ3n) is 2.88. The Balaban J connectivity index is 0.00000102. The fraction of sp³-hybridized carbons (Fsp3) is 0.526. The van der Waals surface area contributed by atoms with Crippen LogP contribution in [0.4, 0.5) is 0 Å². The van der Waals surface area contributed by atoms with Crippen LogP contribution in [0.25, 0.3) is 5.69 Å². The zero-order valence-corrected chi connectivity index (χ0v) is 15.4. The van der Waals surface area contributed by atoms with Crippen molar-refractivity contribution < 1.29 is 0 Å². The van der Waals surface area contributed by atoms with E-state index in [9.17, 15) is 0 Å². The van der Waals surface area contributed by atoms with E-state index in [-0.39, 0.29) is 0 Å². The summed E-state index contributed by atoms with van der Waals surface area (Å²) < 4.78 is 2.00. The molecule has 124 valence electrons. The van der Waals surface area contributed by atoms with Crippen LogP contribution in [-0.2, 0) is 13.0 Å². The van der Waals surface area contributed by atoms with Gasteiger partial charge in [-0.05, 0) is 29.0 Å². The molecule has 0 saturated carbocycles. The molecule has 1 heterocycles. The van der Waals surface area contributed by atoms with Crippen molar-refractivity contribution in [1.82, 2.24) is 9.55 Å². The van der Waals surface area contributed by atoms with Crippen LogP contribution in [0.1, 0.15) is 59.6 Å². The number of nitrogens with two attached hydrogens (primary N) is 1. The van der Waals surface area contributed by atoms with Crippen LogP contribution < -0.4 is 5.73 Å². The number of hydrogen-bond donors (Lipinski definition) is 1. The highest BCUT2D eigenvalue weighted by Crippen LogP contribution is 2.23. The predicted molar refractivity (Wildman–Crippen MR) is 97.3 cm³/mol. The second-order valence-electron chi connectivity index (χ2n) is 5.87. The van der Waals surface area contributed by atoms with Gasteiger partial charge in [-0.2, -0.15) is 0 Å². The lowest BCUT2D eigenvalue weighted by molar-refractivity contribution is 0.411. The monoisotopic (exact) mass is 303 g/mol. The third kappa shape index (κ3) is 6.44. The molecule has 2 rings (SSSR count). The zero-order chi connectivity index (χ0) is 17.2. The van der Waals surface area contributed by atoms with Gasteiger partial charge in [-0.1, -0.05) is 60.6 Å². The van der Waals surface area contributed by atoms with E-state index in [0.29, 0.717) is 12.0 Å². The summed E-state index contributed by atoms with van der Waals surface area (Å²) in [6.45, 7) is 15.3. The highest BCUT2D eigenvalue weighted by molar-refractivity contribution is 5.43. The second kappa shape index (κ2) is 10.2. The normalized spacial score (nSPS) is 10.2. The van der Waals surface area contributed by atoms with E-state index >= 15 is 0 Å². The Morgan fingerprint density at radius 3 is 2.18 bits per heavy atom. The van der Waals surface area contributed by atoms with Crippen LogP contribution >= 0.6 is 0 Å². The summed E-state index contributed by atoms with van der Waals surface area (Å²) in [6, 6.07) is 6.52. The standard InChI is InChI=1S/C15H21N3.2C2H6/c1-15(2,3)9-12-4-5-14(13(8-12)10-16)18-7-6-17-11-18;2*1-2/h4-8,11H,9-10,16H2,1-3H3;2*1-2H3. The Morgan fingerprint density at radius 2 is 1.73 bits per heavy atom. The van der Waals surface area contributed by atoms with Crippen LogP contribution in [0.5, 0.6) is 0 Å². The molecule has 0 unspecified atom stereocenters. The molecule has 0 aliphatic carbocycles. The van der Waals surface area contributed by atoms with Crippen molar-refractivity contribution in [3.05, 3.63) is 48.0 Å². The molecule has 3 nitrogen and oxygen atoms in total. The van der Waals surface area contributed by atoms with Gasteiger partial charge in [0.05, 0.1) is 12.0 Å². The Hall–Kier alpha value is -1.61. The molecule has 22 heavy (non-hydrogen) atoms. The largest absolute Gasteiger partial charge is 0.326 e. The molecule has 0 bridgehead atoms. The van der Waals surface area contributed by atoms with Crippen molar-refractivity contribution >= 4 is 0 Å². The SMILES string of the molecule is CC.CC.CC(C)(C)Cc1ccc(-n2ccnc2)c(CN)c1. The van der Waals surface area contributed by atoms with Gasteiger partial charge in [-0.3, -0.25) is 0 Å². The second-order valence-corrected chi connectivity index (χ2v) is 5.87. The van der Waals surface area contributed by atoms with Crippen molar-refractivity contribution in [3.8, 4) is 5.69 Å². The van der Waals surface area contributed by atoms with Crippen molar-refractivity contribution in [2.24, 2.45) is 11.1 Å². The highest BCUT2D eigenvalue weighted by Gasteiger charge is 2.12. The molecule has 0 saturated heterocycles. The summed E-state index contributed by atoms with van der Waals surface area (Å²) in [6.07, 6.45) is 6.59. The van der Waals surface area contributed by atoms with Crippen LogP contribution in [0.3, 0.4) is 0 Å². The number of benzene rings is 1. The molecule has 0 spiro atoms. The number of aromatic nitrogens is 2. The minimum Gasteiger partial charge on any atom is -0.326 e. The molecule has 0 aliphatic heterocycles. The Bertz CT molecular complexity index is 508. The fourth-order valence-electron chi connectivity index (χ4n) is 2.18. The quantitative estimate of drug-likeness (QED) is 0.869.